The van der Waals surface area contributed by atoms with Crippen molar-refractivity contribution >= 4 is 17.7 Å². The van der Waals surface area contributed by atoms with Crippen molar-refractivity contribution in [2.75, 3.05) is 5.32 Å². The van der Waals surface area contributed by atoms with Crippen molar-refractivity contribution in [1.82, 2.24) is 0 Å². The van der Waals surface area contributed by atoms with Crippen molar-refractivity contribution in [2.45, 2.75) is 26.2 Å². The van der Waals surface area contributed by atoms with Gasteiger partial charge in [0.2, 0.25) is 0 Å². The summed E-state index contributed by atoms with van der Waals surface area (Å²) < 4.78 is 0. The first kappa shape index (κ1) is 16.5. The first-order chi connectivity index (χ1) is 10.9. The lowest BCUT2D eigenvalue weighted by Crippen LogP contribution is -2.13. The minimum Gasteiger partial charge on any atom is -0.321 e. The first-order valence-corrected chi connectivity index (χ1v) is 7.49. The molecule has 2 rings (SSSR count). The molecule has 23 heavy (non-hydrogen) atoms. The highest BCUT2D eigenvalue weighted by atomic mass is 16.1. The number of nitrogens with one attached hydrogen (secondary N) is 1. The molecular formula is C20H20N2O. The van der Waals surface area contributed by atoms with Crippen LogP contribution in [-0.2, 0) is 10.2 Å². The van der Waals surface area contributed by atoms with E-state index in [9.17, 15) is 10.1 Å². The van der Waals surface area contributed by atoms with Crippen molar-refractivity contribution in [3.63, 3.8) is 0 Å². The van der Waals surface area contributed by atoms with E-state index >= 15 is 0 Å². The molecule has 0 spiro atoms. The molecule has 3 nitrogen and oxygen atoms in total. The van der Waals surface area contributed by atoms with Crippen molar-refractivity contribution in [2.24, 2.45) is 0 Å². The van der Waals surface area contributed by atoms with Crippen LogP contribution in [0.25, 0.3) is 6.08 Å². The zero-order valence-electron chi connectivity index (χ0n) is 13.6. The fourth-order valence-electron chi connectivity index (χ4n) is 2.11. The average molecular weight is 304 g/mol. The maximum absolute atomic E-state index is 12.2. The quantitative estimate of drug-likeness (QED) is 0.669. The molecule has 116 valence electrons. The van der Waals surface area contributed by atoms with Crippen molar-refractivity contribution in [3.05, 3.63) is 71.3 Å². The molecule has 2 aromatic carbocycles. The molecule has 0 unspecified atom stereocenters. The lowest BCUT2D eigenvalue weighted by molar-refractivity contribution is -0.112. The van der Waals surface area contributed by atoms with Crippen molar-refractivity contribution in [1.29, 1.82) is 5.26 Å². The lowest BCUT2D eigenvalue weighted by atomic mass is 9.86. The average Bonchev–Trinajstić information content (AvgIpc) is 2.53. The second kappa shape index (κ2) is 6.93. The fraction of sp³-hybridized carbons (Fsp3) is 0.200. The number of hydrogen-bond acceptors (Lipinski definition) is 2. The van der Waals surface area contributed by atoms with Gasteiger partial charge in [-0.15, -0.1) is 0 Å². The number of carbonyl (C=O) groups excluding carboxylic acids is 1. The summed E-state index contributed by atoms with van der Waals surface area (Å²) in [4.78, 5) is 12.2. The summed E-state index contributed by atoms with van der Waals surface area (Å²) in [5.41, 5.74) is 2.86. The summed E-state index contributed by atoms with van der Waals surface area (Å²) >= 11 is 0. The van der Waals surface area contributed by atoms with Gasteiger partial charge < -0.3 is 5.32 Å². The summed E-state index contributed by atoms with van der Waals surface area (Å²) in [6.45, 7) is 6.43. The summed E-state index contributed by atoms with van der Waals surface area (Å²) in [5.74, 6) is -0.404. The molecule has 0 aliphatic rings. The van der Waals surface area contributed by atoms with Gasteiger partial charge in [-0.2, -0.15) is 5.26 Å². The Hall–Kier alpha value is -2.86. The van der Waals surface area contributed by atoms with Gasteiger partial charge in [-0.05, 0) is 34.8 Å². The monoisotopic (exact) mass is 304 g/mol. The summed E-state index contributed by atoms with van der Waals surface area (Å²) in [5, 5.41) is 12.0. The predicted octanol–water partition coefficient (Wildman–Crippen LogP) is 4.53. The van der Waals surface area contributed by atoms with Gasteiger partial charge in [0.1, 0.15) is 11.6 Å². The maximum atomic E-state index is 12.2. The molecule has 0 aromatic heterocycles. The Bertz CT molecular complexity index is 745. The Kier molecular flexibility index (Phi) is 4.98. The van der Waals surface area contributed by atoms with Gasteiger partial charge in [0.05, 0.1) is 0 Å². The second-order valence-corrected chi connectivity index (χ2v) is 6.36. The third-order valence-corrected chi connectivity index (χ3v) is 3.48. The van der Waals surface area contributed by atoms with E-state index in [4.69, 9.17) is 0 Å². The standard InChI is InChI=1S/C20H20N2O/c1-20(2,3)17-11-9-15(10-12-17)13-16(14-21)19(23)22-18-7-5-4-6-8-18/h4-13H,1-3H3,(H,22,23)/b16-13+. The normalized spacial score (nSPS) is 11.7. The summed E-state index contributed by atoms with van der Waals surface area (Å²) in [7, 11) is 0. The smallest absolute Gasteiger partial charge is 0.266 e. The zero-order chi connectivity index (χ0) is 16.9. The maximum Gasteiger partial charge on any atom is 0.266 e. The minimum atomic E-state index is -0.404. The van der Waals surface area contributed by atoms with Crippen LogP contribution >= 0.6 is 0 Å². The topological polar surface area (TPSA) is 52.9 Å². The van der Waals surface area contributed by atoms with Crippen LogP contribution in [-0.4, -0.2) is 5.91 Å². The molecule has 0 radical (unpaired) electrons. The molecule has 0 saturated heterocycles. The van der Waals surface area contributed by atoms with Crippen LogP contribution in [0.15, 0.2) is 60.2 Å². The lowest BCUT2D eigenvalue weighted by Gasteiger charge is -2.18. The molecule has 1 N–H and O–H groups in total. The number of rotatable bonds is 3. The minimum absolute atomic E-state index is 0.0744. The molecule has 0 aliphatic heterocycles. The Morgan fingerprint density at radius 3 is 2.17 bits per heavy atom. The molecule has 0 saturated carbocycles. The largest absolute Gasteiger partial charge is 0.321 e. The van der Waals surface area contributed by atoms with Crippen molar-refractivity contribution in [3.8, 4) is 6.07 Å². The van der Waals surface area contributed by atoms with Gasteiger partial charge in [-0.25, -0.2) is 0 Å². The van der Waals surface area contributed by atoms with Gasteiger partial charge in [0, 0.05) is 5.69 Å². The molecule has 2 aromatic rings. The number of anilines is 1. The van der Waals surface area contributed by atoms with Crippen LogP contribution in [0, 0.1) is 11.3 Å². The number of nitrogens with zero attached hydrogens (tertiary/aromatic N) is 1. The van der Waals surface area contributed by atoms with E-state index in [2.05, 4.69) is 26.1 Å². The van der Waals surface area contributed by atoms with Gasteiger partial charge in [-0.1, -0.05) is 63.2 Å². The highest BCUT2D eigenvalue weighted by Gasteiger charge is 2.13. The summed E-state index contributed by atoms with van der Waals surface area (Å²) in [6.07, 6.45) is 1.60. The Morgan fingerprint density at radius 2 is 1.65 bits per heavy atom. The van der Waals surface area contributed by atoms with Gasteiger partial charge >= 0.3 is 0 Å². The number of carbonyl (C=O) groups is 1. The Morgan fingerprint density at radius 1 is 1.04 bits per heavy atom. The van der Waals surface area contributed by atoms with Crippen LogP contribution in [0.4, 0.5) is 5.69 Å². The van der Waals surface area contributed by atoms with E-state index in [1.165, 1.54) is 5.56 Å². The third-order valence-electron chi connectivity index (χ3n) is 3.48. The Balaban J connectivity index is 2.18. The van der Waals surface area contributed by atoms with E-state index in [1.54, 1.807) is 18.2 Å². The number of para-hydroxylation sites is 1. The molecule has 3 heteroatoms. The molecule has 0 fully saturated rings. The molecule has 0 atom stereocenters. The molecule has 0 aliphatic carbocycles. The van der Waals surface area contributed by atoms with Gasteiger partial charge in [-0.3, -0.25) is 4.79 Å². The van der Waals surface area contributed by atoms with E-state index in [-0.39, 0.29) is 11.0 Å². The van der Waals surface area contributed by atoms with Crippen molar-refractivity contribution < 1.29 is 4.79 Å². The SMILES string of the molecule is CC(C)(C)c1ccc(/C=C(\C#N)C(=O)Nc2ccccc2)cc1. The molecular weight excluding hydrogens is 284 g/mol. The van der Waals surface area contributed by atoms with Crippen LogP contribution < -0.4 is 5.32 Å². The van der Waals surface area contributed by atoms with Crippen LogP contribution in [0.3, 0.4) is 0 Å². The van der Waals surface area contributed by atoms with E-state index in [0.717, 1.165) is 5.56 Å². The first-order valence-electron chi connectivity index (χ1n) is 7.49. The zero-order valence-corrected chi connectivity index (χ0v) is 13.6. The number of amides is 1. The van der Waals surface area contributed by atoms with Gasteiger partial charge in [0.15, 0.2) is 0 Å². The molecule has 0 heterocycles. The number of nitriles is 1. The van der Waals surface area contributed by atoms with Crippen LogP contribution in [0.5, 0.6) is 0 Å². The molecule has 0 bridgehead atoms. The third kappa shape index (κ3) is 4.55. The van der Waals surface area contributed by atoms with Crippen LogP contribution in [0.1, 0.15) is 31.9 Å². The predicted molar refractivity (Wildman–Crippen MR) is 93.8 cm³/mol. The number of benzene rings is 2. The van der Waals surface area contributed by atoms with E-state index in [0.29, 0.717) is 5.69 Å². The number of hydrogen-bond donors (Lipinski definition) is 1. The van der Waals surface area contributed by atoms with E-state index < -0.39 is 5.91 Å². The fourth-order valence-corrected chi connectivity index (χ4v) is 2.11. The van der Waals surface area contributed by atoms with E-state index in [1.807, 2.05) is 48.5 Å². The summed E-state index contributed by atoms with van der Waals surface area (Å²) in [6, 6.07) is 19.0. The van der Waals surface area contributed by atoms with Crippen LogP contribution in [0.2, 0.25) is 0 Å². The highest BCUT2D eigenvalue weighted by Crippen LogP contribution is 2.22. The second-order valence-electron chi connectivity index (χ2n) is 6.36. The highest BCUT2D eigenvalue weighted by molar-refractivity contribution is 6.09. The Labute approximate surface area is 137 Å². The molecule has 1 amide bonds. The van der Waals surface area contributed by atoms with Gasteiger partial charge in [0.25, 0.3) is 5.91 Å².